The van der Waals surface area contributed by atoms with Crippen LogP contribution in [-0.2, 0) is 14.3 Å². The number of carbonyl (C=O) groups is 1. The van der Waals surface area contributed by atoms with Crippen LogP contribution in [0.4, 0.5) is 0 Å². The minimum absolute atomic E-state index is 0.181. The summed E-state index contributed by atoms with van der Waals surface area (Å²) in [6.45, 7) is 12.7. The van der Waals surface area contributed by atoms with E-state index in [9.17, 15) is 4.79 Å². The second-order valence-electron chi connectivity index (χ2n) is 5.02. The number of nitrogens with one attached hydrogen (secondary N) is 1. The van der Waals surface area contributed by atoms with Gasteiger partial charge >= 0.3 is 5.97 Å². The highest BCUT2D eigenvalue weighted by Crippen LogP contribution is 2.03. The second kappa shape index (κ2) is 10.2. The van der Waals surface area contributed by atoms with E-state index >= 15 is 0 Å². The van der Waals surface area contributed by atoms with Crippen molar-refractivity contribution < 1.29 is 14.3 Å². The zero-order chi connectivity index (χ0) is 14.8. The molecule has 0 aromatic carbocycles. The van der Waals surface area contributed by atoms with Crippen molar-refractivity contribution in [1.82, 2.24) is 10.2 Å². The third-order valence-electron chi connectivity index (χ3n) is 2.96. The van der Waals surface area contributed by atoms with Crippen molar-refractivity contribution in [1.29, 1.82) is 0 Å². The summed E-state index contributed by atoms with van der Waals surface area (Å²) in [6.07, 6.45) is 0. The molecule has 0 saturated heterocycles. The van der Waals surface area contributed by atoms with Gasteiger partial charge in [-0.05, 0) is 20.4 Å². The molecule has 114 valence electrons. The first-order chi connectivity index (χ1) is 8.96. The minimum atomic E-state index is -0.292. The molecule has 0 rings (SSSR count). The topological polar surface area (TPSA) is 50.8 Å². The summed E-state index contributed by atoms with van der Waals surface area (Å²) >= 11 is 0. The van der Waals surface area contributed by atoms with E-state index in [4.69, 9.17) is 9.47 Å². The molecule has 0 amide bonds. The van der Waals surface area contributed by atoms with Crippen LogP contribution in [-0.4, -0.2) is 62.4 Å². The van der Waals surface area contributed by atoms with E-state index in [2.05, 4.69) is 24.1 Å². The molecule has 0 aliphatic rings. The lowest BCUT2D eigenvalue weighted by molar-refractivity contribution is -0.146. The molecule has 0 heterocycles. The van der Waals surface area contributed by atoms with E-state index < -0.39 is 0 Å². The van der Waals surface area contributed by atoms with Crippen LogP contribution in [0.15, 0.2) is 0 Å². The molecule has 0 aromatic heterocycles. The first kappa shape index (κ1) is 18.4. The molecule has 1 N–H and O–H groups in total. The van der Waals surface area contributed by atoms with Crippen molar-refractivity contribution in [3.63, 3.8) is 0 Å². The summed E-state index contributed by atoms with van der Waals surface area (Å²) in [5, 5.41) is 3.27. The fraction of sp³-hybridized carbons (Fsp3) is 0.929. The van der Waals surface area contributed by atoms with Crippen LogP contribution in [0.2, 0.25) is 0 Å². The van der Waals surface area contributed by atoms with Gasteiger partial charge in [0.05, 0.1) is 13.2 Å². The molecule has 0 aliphatic heterocycles. The lowest BCUT2D eigenvalue weighted by atomic mass is 10.2. The molecule has 5 heteroatoms. The minimum Gasteiger partial charge on any atom is -0.465 e. The number of methoxy groups -OCH3 is 1. The Morgan fingerprint density at radius 1 is 1.26 bits per heavy atom. The molecule has 2 unspecified atom stereocenters. The maximum atomic E-state index is 12.0. The zero-order valence-electron chi connectivity index (χ0n) is 13.2. The lowest BCUT2D eigenvalue weighted by Crippen LogP contribution is -2.51. The van der Waals surface area contributed by atoms with E-state index in [1.807, 2.05) is 20.8 Å². The Morgan fingerprint density at radius 3 is 2.32 bits per heavy atom. The molecule has 0 aromatic rings. The van der Waals surface area contributed by atoms with Crippen LogP contribution in [0, 0.1) is 0 Å². The highest BCUT2D eigenvalue weighted by molar-refractivity contribution is 5.76. The number of hydrogen-bond acceptors (Lipinski definition) is 5. The summed E-state index contributed by atoms with van der Waals surface area (Å²) in [7, 11) is 1.69. The van der Waals surface area contributed by atoms with Crippen LogP contribution < -0.4 is 5.32 Å². The summed E-state index contributed by atoms with van der Waals surface area (Å²) in [5.74, 6) is -0.181. The number of hydrogen-bond donors (Lipinski definition) is 1. The summed E-state index contributed by atoms with van der Waals surface area (Å²) < 4.78 is 10.3. The quantitative estimate of drug-likeness (QED) is 0.608. The number of ether oxygens (including phenoxy) is 2. The van der Waals surface area contributed by atoms with Crippen molar-refractivity contribution >= 4 is 5.97 Å². The normalized spacial score (nSPS) is 14.7. The predicted octanol–water partition coefficient (Wildman–Crippen LogP) is 1.27. The van der Waals surface area contributed by atoms with E-state index in [-0.39, 0.29) is 24.1 Å². The predicted molar refractivity (Wildman–Crippen MR) is 77.3 cm³/mol. The van der Waals surface area contributed by atoms with Gasteiger partial charge in [0.15, 0.2) is 0 Å². The lowest BCUT2D eigenvalue weighted by Gasteiger charge is -2.31. The first-order valence-electron chi connectivity index (χ1n) is 7.11. The number of rotatable bonds is 10. The van der Waals surface area contributed by atoms with Crippen LogP contribution in [0.5, 0.6) is 0 Å². The van der Waals surface area contributed by atoms with Gasteiger partial charge in [0, 0.05) is 25.7 Å². The van der Waals surface area contributed by atoms with Gasteiger partial charge in [0.1, 0.15) is 6.04 Å². The standard InChI is InChI=1S/C14H30N2O3/c1-7-16(12(5)10-18-6)9-13(15-11(3)4)14(17)19-8-2/h11-13,15H,7-10H2,1-6H3. The molecule has 0 fully saturated rings. The Labute approximate surface area is 117 Å². The highest BCUT2D eigenvalue weighted by Gasteiger charge is 2.25. The van der Waals surface area contributed by atoms with Gasteiger partial charge in [-0.25, -0.2) is 0 Å². The van der Waals surface area contributed by atoms with Crippen LogP contribution in [0.3, 0.4) is 0 Å². The van der Waals surface area contributed by atoms with E-state index in [0.717, 1.165) is 6.54 Å². The Bertz CT molecular complexity index is 247. The average Bonchev–Trinajstić information content (AvgIpc) is 2.34. The second-order valence-corrected chi connectivity index (χ2v) is 5.02. The Kier molecular flexibility index (Phi) is 9.83. The molecule has 19 heavy (non-hydrogen) atoms. The smallest absolute Gasteiger partial charge is 0.324 e. The largest absolute Gasteiger partial charge is 0.465 e. The van der Waals surface area contributed by atoms with E-state index in [0.29, 0.717) is 19.8 Å². The van der Waals surface area contributed by atoms with Crippen LogP contribution >= 0.6 is 0 Å². The molecule has 0 aliphatic carbocycles. The first-order valence-corrected chi connectivity index (χ1v) is 7.11. The number of nitrogens with zero attached hydrogens (tertiary/aromatic N) is 1. The van der Waals surface area contributed by atoms with Crippen molar-refractivity contribution in [2.75, 3.05) is 33.4 Å². The third kappa shape index (κ3) is 7.50. The molecule has 5 nitrogen and oxygen atoms in total. The maximum absolute atomic E-state index is 12.0. The Hall–Kier alpha value is -0.650. The van der Waals surface area contributed by atoms with Crippen LogP contribution in [0.1, 0.15) is 34.6 Å². The van der Waals surface area contributed by atoms with Gasteiger partial charge in [-0.2, -0.15) is 0 Å². The van der Waals surface area contributed by atoms with Gasteiger partial charge in [0.2, 0.25) is 0 Å². The highest BCUT2D eigenvalue weighted by atomic mass is 16.5. The van der Waals surface area contributed by atoms with Crippen LogP contribution in [0.25, 0.3) is 0 Å². The number of esters is 1. The average molecular weight is 274 g/mol. The SMILES string of the molecule is CCOC(=O)C(CN(CC)C(C)COC)NC(C)C. The monoisotopic (exact) mass is 274 g/mol. The van der Waals surface area contributed by atoms with E-state index in [1.165, 1.54) is 0 Å². The van der Waals surface area contributed by atoms with Crippen molar-refractivity contribution in [3.05, 3.63) is 0 Å². The fourth-order valence-electron chi connectivity index (χ4n) is 2.04. The molecular formula is C14H30N2O3. The van der Waals surface area contributed by atoms with Crippen molar-refractivity contribution in [2.24, 2.45) is 0 Å². The van der Waals surface area contributed by atoms with E-state index in [1.54, 1.807) is 7.11 Å². The van der Waals surface area contributed by atoms with Gasteiger partial charge in [-0.3, -0.25) is 9.69 Å². The van der Waals surface area contributed by atoms with Gasteiger partial charge in [-0.15, -0.1) is 0 Å². The third-order valence-corrected chi connectivity index (χ3v) is 2.96. The molecule has 2 atom stereocenters. The summed E-state index contributed by atoms with van der Waals surface area (Å²) in [6, 6.07) is 0.228. The summed E-state index contributed by atoms with van der Waals surface area (Å²) in [5.41, 5.74) is 0. The maximum Gasteiger partial charge on any atom is 0.324 e. The summed E-state index contributed by atoms with van der Waals surface area (Å²) in [4.78, 5) is 14.2. The molecule has 0 bridgehead atoms. The zero-order valence-corrected chi connectivity index (χ0v) is 13.2. The van der Waals surface area contributed by atoms with Crippen molar-refractivity contribution in [3.8, 4) is 0 Å². The Balaban J connectivity index is 4.61. The van der Waals surface area contributed by atoms with Gasteiger partial charge in [0.25, 0.3) is 0 Å². The van der Waals surface area contributed by atoms with Gasteiger partial charge < -0.3 is 14.8 Å². The van der Waals surface area contributed by atoms with Gasteiger partial charge in [-0.1, -0.05) is 20.8 Å². The molecule has 0 spiro atoms. The van der Waals surface area contributed by atoms with Crippen molar-refractivity contribution in [2.45, 2.75) is 52.7 Å². The number of carbonyl (C=O) groups excluding carboxylic acids is 1. The molecule has 0 radical (unpaired) electrons. The Morgan fingerprint density at radius 2 is 1.89 bits per heavy atom. The fourth-order valence-corrected chi connectivity index (χ4v) is 2.04. The molecular weight excluding hydrogens is 244 g/mol. The number of likely N-dealkylation sites (N-methyl/N-ethyl adjacent to an activating group) is 1. The molecule has 0 saturated carbocycles.